The molecule has 100 valence electrons. The number of piperazine rings is 1. The maximum atomic E-state index is 14.0. The van der Waals surface area contributed by atoms with E-state index >= 15 is 0 Å². The molecule has 4 nitrogen and oxygen atoms in total. The van der Waals surface area contributed by atoms with E-state index in [1.807, 2.05) is 11.8 Å². The van der Waals surface area contributed by atoms with E-state index in [9.17, 15) is 12.8 Å². The van der Waals surface area contributed by atoms with Crippen molar-refractivity contribution in [1.82, 2.24) is 5.32 Å². The molecule has 1 aromatic carbocycles. The Bertz CT molecular complexity index is 545. The van der Waals surface area contributed by atoms with Gasteiger partial charge in [0.15, 0.2) is 9.84 Å². The van der Waals surface area contributed by atoms with E-state index in [2.05, 4.69) is 5.32 Å². The smallest absolute Gasteiger partial charge is 0.175 e. The minimum absolute atomic E-state index is 0.0203. The Hall–Kier alpha value is -1.14. The molecule has 0 saturated carbocycles. The molecular formula is C12H17FN2O2S. The molecule has 6 heteroatoms. The van der Waals surface area contributed by atoms with Crippen molar-refractivity contribution in [2.24, 2.45) is 0 Å². The molecular weight excluding hydrogens is 255 g/mol. The number of hydrogen-bond donors (Lipinski definition) is 1. The predicted octanol–water partition coefficient (Wildman–Crippen LogP) is 1.03. The van der Waals surface area contributed by atoms with Crippen LogP contribution in [0.4, 0.5) is 10.1 Å². The third kappa shape index (κ3) is 2.81. The number of halogens is 1. The molecule has 1 fully saturated rings. The number of nitrogens with one attached hydrogen (secondary N) is 1. The fourth-order valence-electron chi connectivity index (χ4n) is 2.13. The summed E-state index contributed by atoms with van der Waals surface area (Å²) in [5, 5.41) is 3.28. The largest absolute Gasteiger partial charge is 0.366 e. The minimum Gasteiger partial charge on any atom is -0.366 e. The molecule has 0 radical (unpaired) electrons. The van der Waals surface area contributed by atoms with Gasteiger partial charge in [0, 0.05) is 31.9 Å². The number of benzene rings is 1. The molecule has 1 unspecified atom stereocenters. The van der Waals surface area contributed by atoms with Crippen LogP contribution in [0.15, 0.2) is 23.1 Å². The molecule has 18 heavy (non-hydrogen) atoms. The van der Waals surface area contributed by atoms with E-state index in [0.717, 1.165) is 32.0 Å². The summed E-state index contributed by atoms with van der Waals surface area (Å²) in [6.07, 6.45) is 1.08. The van der Waals surface area contributed by atoms with Crippen molar-refractivity contribution in [3.05, 3.63) is 24.0 Å². The zero-order valence-electron chi connectivity index (χ0n) is 10.5. The summed E-state index contributed by atoms with van der Waals surface area (Å²) >= 11 is 0. The Labute approximate surface area is 107 Å². The van der Waals surface area contributed by atoms with Gasteiger partial charge in [-0.3, -0.25) is 0 Å². The molecule has 1 saturated heterocycles. The van der Waals surface area contributed by atoms with Crippen molar-refractivity contribution >= 4 is 15.5 Å². The van der Waals surface area contributed by atoms with Crippen LogP contribution in [-0.2, 0) is 9.84 Å². The van der Waals surface area contributed by atoms with Gasteiger partial charge in [-0.2, -0.15) is 0 Å². The van der Waals surface area contributed by atoms with E-state index in [4.69, 9.17) is 0 Å². The number of hydrogen-bond acceptors (Lipinski definition) is 4. The lowest BCUT2D eigenvalue weighted by molar-refractivity contribution is 0.478. The number of sulfone groups is 1. The maximum absolute atomic E-state index is 14.0. The second kappa shape index (κ2) is 4.85. The first-order chi connectivity index (χ1) is 8.38. The quantitative estimate of drug-likeness (QED) is 0.873. The van der Waals surface area contributed by atoms with E-state index in [-0.39, 0.29) is 4.90 Å². The molecule has 1 aromatic rings. The van der Waals surface area contributed by atoms with E-state index < -0.39 is 15.7 Å². The molecule has 1 aliphatic heterocycles. The van der Waals surface area contributed by atoms with Gasteiger partial charge in [-0.25, -0.2) is 12.8 Å². The number of anilines is 1. The molecule has 0 aromatic heterocycles. The fraction of sp³-hybridized carbons (Fsp3) is 0.500. The lowest BCUT2D eigenvalue weighted by atomic mass is 10.2. The van der Waals surface area contributed by atoms with Gasteiger partial charge < -0.3 is 10.2 Å². The Morgan fingerprint density at radius 1 is 1.44 bits per heavy atom. The molecule has 0 bridgehead atoms. The first-order valence-electron chi connectivity index (χ1n) is 5.86. The first kappa shape index (κ1) is 13.3. The monoisotopic (exact) mass is 272 g/mol. The Morgan fingerprint density at radius 3 is 2.72 bits per heavy atom. The van der Waals surface area contributed by atoms with Crippen LogP contribution in [0.1, 0.15) is 6.92 Å². The van der Waals surface area contributed by atoms with Crippen LogP contribution in [0, 0.1) is 5.82 Å². The first-order valence-corrected chi connectivity index (χ1v) is 7.75. The van der Waals surface area contributed by atoms with Crippen molar-refractivity contribution in [1.29, 1.82) is 0 Å². The van der Waals surface area contributed by atoms with Crippen LogP contribution >= 0.6 is 0 Å². The summed E-state index contributed by atoms with van der Waals surface area (Å²) in [7, 11) is -3.35. The summed E-state index contributed by atoms with van der Waals surface area (Å²) in [5.41, 5.74) is 0.468. The van der Waals surface area contributed by atoms with Gasteiger partial charge in [0.05, 0.1) is 10.6 Å². The van der Waals surface area contributed by atoms with Gasteiger partial charge in [-0.1, -0.05) is 0 Å². The minimum atomic E-state index is -3.35. The normalized spacial score (nSPS) is 21.1. The third-order valence-corrected chi connectivity index (χ3v) is 4.17. The van der Waals surface area contributed by atoms with Crippen molar-refractivity contribution in [3.63, 3.8) is 0 Å². The highest BCUT2D eigenvalue weighted by Gasteiger charge is 2.20. The van der Waals surface area contributed by atoms with Crippen LogP contribution in [0.5, 0.6) is 0 Å². The lowest BCUT2D eigenvalue weighted by Crippen LogP contribution is -2.49. The van der Waals surface area contributed by atoms with Crippen molar-refractivity contribution in [3.8, 4) is 0 Å². The van der Waals surface area contributed by atoms with Gasteiger partial charge in [0.1, 0.15) is 5.82 Å². The SMILES string of the molecule is CC1CN(c2ccc(S(C)(=O)=O)cc2F)CCN1. The van der Waals surface area contributed by atoms with Gasteiger partial charge in [-0.05, 0) is 25.1 Å². The van der Waals surface area contributed by atoms with Gasteiger partial charge in [0.25, 0.3) is 0 Å². The Morgan fingerprint density at radius 2 is 2.17 bits per heavy atom. The maximum Gasteiger partial charge on any atom is 0.175 e. The topological polar surface area (TPSA) is 49.4 Å². The van der Waals surface area contributed by atoms with E-state index in [1.165, 1.54) is 6.07 Å². The third-order valence-electron chi connectivity index (χ3n) is 3.06. The van der Waals surface area contributed by atoms with Crippen molar-refractivity contribution in [2.75, 3.05) is 30.8 Å². The second-order valence-corrected chi connectivity index (χ2v) is 6.70. The second-order valence-electron chi connectivity index (χ2n) is 4.69. The van der Waals surface area contributed by atoms with Gasteiger partial charge in [-0.15, -0.1) is 0 Å². The summed E-state index contributed by atoms with van der Waals surface area (Å²) in [5.74, 6) is -0.480. The molecule has 1 aliphatic rings. The summed E-state index contributed by atoms with van der Waals surface area (Å²) in [4.78, 5) is 1.95. The Balaban J connectivity index is 2.30. The summed E-state index contributed by atoms with van der Waals surface area (Å²) in [6, 6.07) is 4.40. The molecule has 0 spiro atoms. The zero-order valence-corrected chi connectivity index (χ0v) is 11.3. The highest BCUT2D eigenvalue weighted by atomic mass is 32.2. The van der Waals surface area contributed by atoms with Crippen LogP contribution in [0.25, 0.3) is 0 Å². The highest BCUT2D eigenvalue weighted by Crippen LogP contribution is 2.23. The van der Waals surface area contributed by atoms with Crippen LogP contribution in [0.2, 0.25) is 0 Å². The number of rotatable bonds is 2. The van der Waals surface area contributed by atoms with Crippen LogP contribution in [-0.4, -0.2) is 40.3 Å². The molecule has 2 rings (SSSR count). The molecule has 1 heterocycles. The molecule has 1 N–H and O–H groups in total. The average Bonchev–Trinajstić information content (AvgIpc) is 2.27. The standard InChI is InChI=1S/C12H17FN2O2S/c1-9-8-15(6-5-14-9)12-4-3-10(7-11(12)13)18(2,16)17/h3-4,7,9,14H,5-6,8H2,1-2H3. The van der Waals surface area contributed by atoms with Crippen molar-refractivity contribution in [2.45, 2.75) is 17.9 Å². The Kier molecular flexibility index (Phi) is 3.59. The molecule has 0 aliphatic carbocycles. The molecule has 1 atom stereocenters. The highest BCUT2D eigenvalue weighted by molar-refractivity contribution is 7.90. The van der Waals surface area contributed by atoms with E-state index in [1.54, 1.807) is 6.07 Å². The predicted molar refractivity (Wildman–Crippen MR) is 69.2 cm³/mol. The van der Waals surface area contributed by atoms with Crippen LogP contribution < -0.4 is 10.2 Å². The molecule has 0 amide bonds. The van der Waals surface area contributed by atoms with Gasteiger partial charge >= 0.3 is 0 Å². The zero-order chi connectivity index (χ0) is 13.3. The van der Waals surface area contributed by atoms with Gasteiger partial charge in [0.2, 0.25) is 0 Å². The summed E-state index contributed by atoms with van der Waals surface area (Å²) < 4.78 is 36.6. The lowest BCUT2D eigenvalue weighted by Gasteiger charge is -2.33. The van der Waals surface area contributed by atoms with Crippen molar-refractivity contribution < 1.29 is 12.8 Å². The summed E-state index contributed by atoms with van der Waals surface area (Å²) in [6.45, 7) is 4.28. The van der Waals surface area contributed by atoms with Crippen LogP contribution in [0.3, 0.4) is 0 Å². The average molecular weight is 272 g/mol. The number of nitrogens with zero attached hydrogens (tertiary/aromatic N) is 1. The van der Waals surface area contributed by atoms with E-state index in [0.29, 0.717) is 11.7 Å². The fourth-order valence-corrected chi connectivity index (χ4v) is 2.76.